The minimum atomic E-state index is -0.756. The van der Waals surface area contributed by atoms with Gasteiger partial charge in [-0.2, -0.15) is 0 Å². The molecule has 2 aromatic rings. The van der Waals surface area contributed by atoms with Crippen molar-refractivity contribution in [3.05, 3.63) is 41.7 Å². The zero-order valence-electron chi connectivity index (χ0n) is 15.1. The van der Waals surface area contributed by atoms with Crippen LogP contribution in [0.4, 0.5) is 4.79 Å². The van der Waals surface area contributed by atoms with Crippen LogP contribution in [0.5, 0.6) is 0 Å². The Labute approximate surface area is 150 Å². The Morgan fingerprint density at radius 3 is 2.42 bits per heavy atom. The molecule has 26 heavy (non-hydrogen) atoms. The van der Waals surface area contributed by atoms with Crippen LogP contribution in [-0.4, -0.2) is 35.2 Å². The fraction of sp³-hybridized carbons (Fsp3) is 0.333. The molecule has 1 aromatic carbocycles. The van der Waals surface area contributed by atoms with Gasteiger partial charge in [0.05, 0.1) is 0 Å². The van der Waals surface area contributed by atoms with Crippen LogP contribution in [0.25, 0.3) is 11.3 Å². The number of hydrogen-bond donors (Lipinski definition) is 2. The molecule has 0 saturated carbocycles. The second-order valence-electron chi connectivity index (χ2n) is 6.66. The van der Waals surface area contributed by atoms with Crippen molar-refractivity contribution in [2.75, 3.05) is 6.61 Å². The van der Waals surface area contributed by atoms with E-state index in [0.29, 0.717) is 11.3 Å². The summed E-state index contributed by atoms with van der Waals surface area (Å²) in [5.41, 5.74) is 0.665. The summed E-state index contributed by atoms with van der Waals surface area (Å²) in [5.74, 6) is -1.22. The Kier molecular flexibility index (Phi) is 5.76. The molecule has 0 unspecified atom stereocenters. The maximum absolute atomic E-state index is 12.3. The molecule has 0 bridgehead atoms. The monoisotopic (exact) mass is 359 g/mol. The van der Waals surface area contributed by atoms with E-state index in [4.69, 9.17) is 9.26 Å². The lowest BCUT2D eigenvalue weighted by Crippen LogP contribution is -2.49. The molecule has 0 aliphatic heterocycles. The number of ether oxygens (including phenoxy) is 1. The first-order chi connectivity index (χ1) is 12.2. The van der Waals surface area contributed by atoms with Gasteiger partial charge in [0.1, 0.15) is 17.0 Å². The fourth-order valence-electron chi connectivity index (χ4n) is 2.14. The zero-order chi connectivity index (χ0) is 19.3. The van der Waals surface area contributed by atoms with Gasteiger partial charge < -0.3 is 14.6 Å². The number of rotatable bonds is 4. The van der Waals surface area contributed by atoms with E-state index < -0.39 is 30.1 Å². The standard InChI is InChI=1S/C18H21N3O5/c1-11-14(15(21-26-11)12-8-6-5-7-9-12)16(23)25-10-13(22)19-17(24)20-18(2,3)4/h5-9H,10H2,1-4H3,(H2,19,20,22,24). The van der Waals surface area contributed by atoms with Gasteiger partial charge in [-0.05, 0) is 27.7 Å². The number of imide groups is 1. The second kappa shape index (κ2) is 7.81. The van der Waals surface area contributed by atoms with Gasteiger partial charge in [-0.15, -0.1) is 0 Å². The van der Waals surface area contributed by atoms with Crippen molar-refractivity contribution in [2.45, 2.75) is 33.2 Å². The maximum Gasteiger partial charge on any atom is 0.344 e. The first-order valence-corrected chi connectivity index (χ1v) is 7.98. The van der Waals surface area contributed by atoms with Gasteiger partial charge in [-0.25, -0.2) is 9.59 Å². The summed E-state index contributed by atoms with van der Waals surface area (Å²) in [7, 11) is 0. The predicted molar refractivity (Wildman–Crippen MR) is 93.4 cm³/mol. The number of hydrogen-bond acceptors (Lipinski definition) is 6. The molecule has 1 heterocycles. The van der Waals surface area contributed by atoms with Crippen molar-refractivity contribution >= 4 is 17.9 Å². The molecule has 138 valence electrons. The Bertz CT molecular complexity index is 806. The molecule has 0 fully saturated rings. The smallest absolute Gasteiger partial charge is 0.344 e. The lowest BCUT2D eigenvalue weighted by molar-refractivity contribution is -0.123. The van der Waals surface area contributed by atoms with Gasteiger partial charge >= 0.3 is 12.0 Å². The topological polar surface area (TPSA) is 111 Å². The van der Waals surface area contributed by atoms with Gasteiger partial charge in [0.15, 0.2) is 6.61 Å². The third-order valence-corrected chi connectivity index (χ3v) is 3.19. The van der Waals surface area contributed by atoms with Crippen molar-refractivity contribution < 1.29 is 23.6 Å². The average molecular weight is 359 g/mol. The Balaban J connectivity index is 2.00. The molecule has 0 radical (unpaired) electrons. The van der Waals surface area contributed by atoms with Gasteiger partial charge in [0.25, 0.3) is 5.91 Å². The van der Waals surface area contributed by atoms with E-state index >= 15 is 0 Å². The molecule has 8 heteroatoms. The third-order valence-electron chi connectivity index (χ3n) is 3.19. The van der Waals surface area contributed by atoms with Crippen LogP contribution in [0, 0.1) is 6.92 Å². The predicted octanol–water partition coefficient (Wildman–Crippen LogP) is 2.43. The van der Waals surface area contributed by atoms with E-state index in [1.807, 2.05) is 6.07 Å². The van der Waals surface area contributed by atoms with Crippen LogP contribution in [0.2, 0.25) is 0 Å². The molecule has 1 aromatic heterocycles. The summed E-state index contributed by atoms with van der Waals surface area (Å²) in [5, 5.41) is 8.54. The van der Waals surface area contributed by atoms with Gasteiger partial charge in [-0.3, -0.25) is 10.1 Å². The van der Waals surface area contributed by atoms with Crippen molar-refractivity contribution in [1.82, 2.24) is 15.8 Å². The number of carbonyl (C=O) groups excluding carboxylic acids is 3. The Hall–Kier alpha value is -3.16. The molecular formula is C18H21N3O5. The van der Waals surface area contributed by atoms with E-state index in [0.717, 1.165) is 0 Å². The summed E-state index contributed by atoms with van der Waals surface area (Å²) in [6.07, 6.45) is 0. The minimum absolute atomic E-state index is 0.142. The highest BCUT2D eigenvalue weighted by molar-refractivity contribution is 5.99. The second-order valence-corrected chi connectivity index (χ2v) is 6.66. The van der Waals surface area contributed by atoms with Crippen LogP contribution in [0.3, 0.4) is 0 Å². The summed E-state index contributed by atoms with van der Waals surface area (Å²) in [4.78, 5) is 35.7. The number of carbonyl (C=O) groups is 3. The summed E-state index contributed by atoms with van der Waals surface area (Å²) >= 11 is 0. The van der Waals surface area contributed by atoms with Crippen LogP contribution >= 0.6 is 0 Å². The van der Waals surface area contributed by atoms with Gasteiger partial charge in [-0.1, -0.05) is 35.5 Å². The number of aryl methyl sites for hydroxylation is 1. The average Bonchev–Trinajstić information content (AvgIpc) is 2.93. The van der Waals surface area contributed by atoms with Crippen LogP contribution in [0.1, 0.15) is 36.9 Å². The van der Waals surface area contributed by atoms with Gasteiger partial charge in [0, 0.05) is 11.1 Å². The fourth-order valence-corrected chi connectivity index (χ4v) is 2.14. The molecular weight excluding hydrogens is 338 g/mol. The van der Waals surface area contributed by atoms with Gasteiger partial charge in [0.2, 0.25) is 0 Å². The first-order valence-electron chi connectivity index (χ1n) is 7.98. The lowest BCUT2D eigenvalue weighted by atomic mass is 10.1. The highest BCUT2D eigenvalue weighted by Crippen LogP contribution is 2.25. The Morgan fingerprint density at radius 2 is 1.81 bits per heavy atom. The zero-order valence-corrected chi connectivity index (χ0v) is 15.1. The van der Waals surface area contributed by atoms with Crippen LogP contribution < -0.4 is 10.6 Å². The third kappa shape index (κ3) is 5.17. The number of benzene rings is 1. The first kappa shape index (κ1) is 19.2. The molecule has 2 N–H and O–H groups in total. The maximum atomic E-state index is 12.3. The number of nitrogens with zero attached hydrogens (tertiary/aromatic N) is 1. The molecule has 0 aliphatic carbocycles. The van der Waals surface area contributed by atoms with E-state index in [1.54, 1.807) is 52.0 Å². The molecule has 0 atom stereocenters. The van der Waals surface area contributed by atoms with Crippen molar-refractivity contribution in [3.8, 4) is 11.3 Å². The molecule has 8 nitrogen and oxygen atoms in total. The quantitative estimate of drug-likeness (QED) is 0.811. The minimum Gasteiger partial charge on any atom is -0.452 e. The van der Waals surface area contributed by atoms with E-state index in [1.165, 1.54) is 0 Å². The van der Waals surface area contributed by atoms with Crippen molar-refractivity contribution in [3.63, 3.8) is 0 Å². The number of aromatic nitrogens is 1. The number of nitrogens with one attached hydrogen (secondary N) is 2. The number of amides is 3. The molecule has 3 amide bonds. The Morgan fingerprint density at radius 1 is 1.15 bits per heavy atom. The normalized spacial score (nSPS) is 10.9. The number of esters is 1. The highest BCUT2D eigenvalue weighted by Gasteiger charge is 2.24. The largest absolute Gasteiger partial charge is 0.452 e. The highest BCUT2D eigenvalue weighted by atomic mass is 16.5. The molecule has 0 aliphatic rings. The molecule has 2 rings (SSSR count). The van der Waals surface area contributed by atoms with Crippen molar-refractivity contribution in [2.24, 2.45) is 0 Å². The SMILES string of the molecule is Cc1onc(-c2ccccc2)c1C(=O)OCC(=O)NC(=O)NC(C)(C)C. The van der Waals surface area contributed by atoms with Crippen molar-refractivity contribution in [1.29, 1.82) is 0 Å². The van der Waals surface area contributed by atoms with Crippen LogP contribution in [-0.2, 0) is 9.53 Å². The summed E-state index contributed by atoms with van der Waals surface area (Å²) < 4.78 is 10.1. The molecule has 0 saturated heterocycles. The summed E-state index contributed by atoms with van der Waals surface area (Å²) in [6.45, 7) is 6.30. The van der Waals surface area contributed by atoms with Crippen LogP contribution in [0.15, 0.2) is 34.9 Å². The molecule has 0 spiro atoms. The van der Waals surface area contributed by atoms with E-state index in [9.17, 15) is 14.4 Å². The summed E-state index contributed by atoms with van der Waals surface area (Å²) in [6, 6.07) is 8.33. The number of urea groups is 1. The van der Waals surface area contributed by atoms with E-state index in [-0.39, 0.29) is 11.3 Å². The van der Waals surface area contributed by atoms with E-state index in [2.05, 4.69) is 15.8 Å². The lowest BCUT2D eigenvalue weighted by Gasteiger charge is -2.20.